The van der Waals surface area contributed by atoms with Crippen molar-refractivity contribution < 1.29 is 4.79 Å². The highest BCUT2D eigenvalue weighted by Crippen LogP contribution is 2.25. The van der Waals surface area contributed by atoms with Gasteiger partial charge in [-0.1, -0.05) is 18.5 Å². The summed E-state index contributed by atoms with van der Waals surface area (Å²) in [6.45, 7) is 2.96. The summed E-state index contributed by atoms with van der Waals surface area (Å²) in [5, 5.41) is 0.565. The maximum Gasteiger partial charge on any atom is 0.256 e. The number of carbonyl (C=O) groups excluding carboxylic acids is 1. The molecule has 1 heterocycles. The number of amides is 1. The second-order valence-electron chi connectivity index (χ2n) is 4.79. The molecule has 1 aromatic carbocycles. The van der Waals surface area contributed by atoms with Crippen LogP contribution in [0.1, 0.15) is 43.0 Å². The Labute approximate surface area is 113 Å². The first kappa shape index (κ1) is 13.2. The van der Waals surface area contributed by atoms with Gasteiger partial charge in [-0.2, -0.15) is 0 Å². The van der Waals surface area contributed by atoms with Gasteiger partial charge in [0.1, 0.15) is 0 Å². The fourth-order valence-electron chi connectivity index (χ4n) is 2.58. The molecular weight excluding hydrogens is 248 g/mol. The van der Waals surface area contributed by atoms with Crippen LogP contribution in [0.3, 0.4) is 0 Å². The van der Waals surface area contributed by atoms with Crippen molar-refractivity contribution in [3.05, 3.63) is 28.8 Å². The summed E-state index contributed by atoms with van der Waals surface area (Å²) in [6.07, 6.45) is 4.38. The number of rotatable bonds is 2. The highest BCUT2D eigenvalue weighted by Gasteiger charge is 2.27. The number of nitrogens with zero attached hydrogens (tertiary/aromatic N) is 1. The smallest absolute Gasteiger partial charge is 0.256 e. The lowest BCUT2D eigenvalue weighted by Crippen LogP contribution is -2.43. The summed E-state index contributed by atoms with van der Waals surface area (Å²) < 4.78 is 0. The van der Waals surface area contributed by atoms with E-state index in [1.54, 1.807) is 18.2 Å². The normalized spacial score (nSPS) is 19.9. The number of hydrogen-bond acceptors (Lipinski definition) is 2. The lowest BCUT2D eigenvalue weighted by atomic mass is 9.98. The van der Waals surface area contributed by atoms with Crippen molar-refractivity contribution in [3.63, 3.8) is 0 Å². The number of halogens is 1. The third-order valence-electron chi connectivity index (χ3n) is 3.60. The molecule has 1 atom stereocenters. The zero-order valence-electron chi connectivity index (χ0n) is 10.7. The molecule has 1 unspecified atom stereocenters. The van der Waals surface area contributed by atoms with E-state index in [1.807, 2.05) is 4.90 Å². The van der Waals surface area contributed by atoms with Gasteiger partial charge in [0.15, 0.2) is 0 Å². The second kappa shape index (κ2) is 5.61. The summed E-state index contributed by atoms with van der Waals surface area (Å²) in [5.74, 6) is 0.0377. The minimum Gasteiger partial charge on any atom is -0.398 e. The molecule has 98 valence electrons. The number of benzene rings is 1. The number of likely N-dealkylation sites (tertiary alicyclic amines) is 1. The van der Waals surface area contributed by atoms with Crippen LogP contribution in [-0.2, 0) is 0 Å². The SMILES string of the molecule is CCC1CCCCN1C(=O)c1ccc(Cl)cc1N. The van der Waals surface area contributed by atoms with Crippen LogP contribution in [0, 0.1) is 0 Å². The lowest BCUT2D eigenvalue weighted by Gasteiger charge is -2.35. The monoisotopic (exact) mass is 266 g/mol. The maximum atomic E-state index is 12.5. The van der Waals surface area contributed by atoms with Crippen LogP contribution < -0.4 is 5.73 Å². The van der Waals surface area contributed by atoms with Crippen molar-refractivity contribution in [3.8, 4) is 0 Å². The van der Waals surface area contributed by atoms with Gasteiger partial charge in [0.05, 0.1) is 5.56 Å². The minimum atomic E-state index is 0.0377. The van der Waals surface area contributed by atoms with Gasteiger partial charge in [-0.15, -0.1) is 0 Å². The van der Waals surface area contributed by atoms with E-state index in [2.05, 4.69) is 6.92 Å². The highest BCUT2D eigenvalue weighted by molar-refractivity contribution is 6.31. The fraction of sp³-hybridized carbons (Fsp3) is 0.500. The molecule has 18 heavy (non-hydrogen) atoms. The van der Waals surface area contributed by atoms with Gasteiger partial charge < -0.3 is 10.6 Å². The van der Waals surface area contributed by atoms with Crippen LogP contribution in [0.25, 0.3) is 0 Å². The van der Waals surface area contributed by atoms with Gasteiger partial charge in [0.2, 0.25) is 0 Å². The number of nitrogen functional groups attached to an aromatic ring is 1. The predicted octanol–water partition coefficient (Wildman–Crippen LogP) is 3.33. The van der Waals surface area contributed by atoms with E-state index in [0.29, 0.717) is 22.3 Å². The molecule has 2 N–H and O–H groups in total. The number of piperidine rings is 1. The van der Waals surface area contributed by atoms with Crippen LogP contribution in [0.5, 0.6) is 0 Å². The third kappa shape index (κ3) is 2.61. The van der Waals surface area contributed by atoms with E-state index in [1.165, 1.54) is 6.42 Å². The van der Waals surface area contributed by atoms with Crippen LogP contribution in [0.4, 0.5) is 5.69 Å². The molecule has 0 bridgehead atoms. The second-order valence-corrected chi connectivity index (χ2v) is 5.22. The predicted molar refractivity (Wildman–Crippen MR) is 74.8 cm³/mol. The Hall–Kier alpha value is -1.22. The molecule has 1 aromatic rings. The first-order valence-corrected chi connectivity index (χ1v) is 6.87. The first-order valence-electron chi connectivity index (χ1n) is 6.49. The number of anilines is 1. The van der Waals surface area contributed by atoms with Crippen LogP contribution in [-0.4, -0.2) is 23.4 Å². The molecule has 1 amide bonds. The topological polar surface area (TPSA) is 46.3 Å². The lowest BCUT2D eigenvalue weighted by molar-refractivity contribution is 0.0609. The molecule has 0 spiro atoms. The Morgan fingerprint density at radius 2 is 2.28 bits per heavy atom. The van der Waals surface area contributed by atoms with E-state index < -0.39 is 0 Å². The molecule has 0 aromatic heterocycles. The average molecular weight is 267 g/mol. The van der Waals surface area contributed by atoms with Crippen molar-refractivity contribution in [1.82, 2.24) is 4.90 Å². The van der Waals surface area contributed by atoms with Crippen LogP contribution in [0.2, 0.25) is 5.02 Å². The van der Waals surface area contributed by atoms with Crippen molar-refractivity contribution in [2.24, 2.45) is 0 Å². The summed E-state index contributed by atoms with van der Waals surface area (Å²) >= 11 is 5.86. The van der Waals surface area contributed by atoms with Crippen molar-refractivity contribution >= 4 is 23.2 Å². The van der Waals surface area contributed by atoms with Gasteiger partial charge >= 0.3 is 0 Å². The van der Waals surface area contributed by atoms with Crippen molar-refractivity contribution in [2.45, 2.75) is 38.6 Å². The molecule has 3 nitrogen and oxygen atoms in total. The van der Waals surface area contributed by atoms with E-state index in [0.717, 1.165) is 25.8 Å². The van der Waals surface area contributed by atoms with Crippen molar-refractivity contribution in [1.29, 1.82) is 0 Å². The fourth-order valence-corrected chi connectivity index (χ4v) is 2.76. The number of hydrogen-bond donors (Lipinski definition) is 1. The Balaban J connectivity index is 2.24. The molecule has 1 aliphatic heterocycles. The minimum absolute atomic E-state index is 0.0377. The molecule has 1 fully saturated rings. The van der Waals surface area contributed by atoms with E-state index in [9.17, 15) is 4.79 Å². The van der Waals surface area contributed by atoms with E-state index in [4.69, 9.17) is 17.3 Å². The zero-order chi connectivity index (χ0) is 13.1. The molecule has 0 radical (unpaired) electrons. The largest absolute Gasteiger partial charge is 0.398 e. The van der Waals surface area contributed by atoms with Crippen LogP contribution >= 0.6 is 11.6 Å². The standard InChI is InChI=1S/C14H19ClN2O/c1-2-11-5-3-4-8-17(11)14(18)12-7-6-10(15)9-13(12)16/h6-7,9,11H,2-5,8,16H2,1H3. The average Bonchev–Trinajstić information content (AvgIpc) is 2.38. The Morgan fingerprint density at radius 3 is 2.94 bits per heavy atom. The summed E-state index contributed by atoms with van der Waals surface area (Å²) in [6, 6.07) is 5.43. The molecule has 2 rings (SSSR count). The molecule has 1 aliphatic rings. The van der Waals surface area contributed by atoms with Gasteiger partial charge in [-0.25, -0.2) is 0 Å². The van der Waals surface area contributed by atoms with E-state index in [-0.39, 0.29) is 5.91 Å². The van der Waals surface area contributed by atoms with Gasteiger partial charge in [-0.3, -0.25) is 4.79 Å². The molecule has 0 saturated carbocycles. The Bertz CT molecular complexity index is 447. The Kier molecular flexibility index (Phi) is 4.12. The summed E-state index contributed by atoms with van der Waals surface area (Å²) in [4.78, 5) is 14.5. The van der Waals surface area contributed by atoms with Crippen molar-refractivity contribution in [2.75, 3.05) is 12.3 Å². The van der Waals surface area contributed by atoms with E-state index >= 15 is 0 Å². The molecular formula is C14H19ClN2O. The van der Waals surface area contributed by atoms with Gasteiger partial charge in [0.25, 0.3) is 5.91 Å². The molecule has 0 aliphatic carbocycles. The summed E-state index contributed by atoms with van der Waals surface area (Å²) in [5.41, 5.74) is 6.92. The summed E-state index contributed by atoms with van der Waals surface area (Å²) in [7, 11) is 0. The number of nitrogens with two attached hydrogens (primary N) is 1. The molecule has 1 saturated heterocycles. The maximum absolute atomic E-state index is 12.5. The highest BCUT2D eigenvalue weighted by atomic mass is 35.5. The third-order valence-corrected chi connectivity index (χ3v) is 3.84. The first-order chi connectivity index (χ1) is 8.63. The number of carbonyl (C=O) groups is 1. The Morgan fingerprint density at radius 1 is 1.50 bits per heavy atom. The van der Waals surface area contributed by atoms with Gasteiger partial charge in [0, 0.05) is 23.3 Å². The zero-order valence-corrected chi connectivity index (χ0v) is 11.4. The van der Waals surface area contributed by atoms with Gasteiger partial charge in [-0.05, 0) is 43.9 Å². The molecule has 4 heteroatoms. The van der Waals surface area contributed by atoms with Crippen LogP contribution in [0.15, 0.2) is 18.2 Å². The quantitative estimate of drug-likeness (QED) is 0.835.